The summed E-state index contributed by atoms with van der Waals surface area (Å²) in [6, 6.07) is 0. The van der Waals surface area contributed by atoms with Gasteiger partial charge in [-0.3, -0.25) is 9.35 Å². The van der Waals surface area contributed by atoms with Crippen molar-refractivity contribution < 1.29 is 30.9 Å². The van der Waals surface area contributed by atoms with Gasteiger partial charge in [0.05, 0.1) is 0 Å². The van der Waals surface area contributed by atoms with Crippen LogP contribution in [0, 0.1) is 0 Å². The molecule has 5 nitrogen and oxygen atoms in total. The van der Waals surface area contributed by atoms with Crippen molar-refractivity contribution in [2.45, 2.75) is 11.4 Å². The van der Waals surface area contributed by atoms with Crippen LogP contribution in [0.15, 0.2) is 0 Å². The number of hydrogen-bond donors (Lipinski definition) is 2. The molecular weight excluding hydrogens is 251 g/mol. The van der Waals surface area contributed by atoms with E-state index in [1.165, 1.54) is 0 Å². The van der Waals surface area contributed by atoms with Crippen LogP contribution in [0.4, 0.5) is 13.2 Å². The Labute approximate surface area is 83.6 Å². The van der Waals surface area contributed by atoms with Crippen LogP contribution in [0.1, 0.15) is 0 Å². The van der Waals surface area contributed by atoms with Crippen LogP contribution in [0.3, 0.4) is 0 Å². The molecule has 0 aromatic rings. The standard InChI is InChI=1S/C4H6F3NO4S.ClH/c5-4(6,7)3(9)2(1-8)13(10,11)12;/h2H,1,8H2,(H,10,11,12);1H. The lowest BCUT2D eigenvalue weighted by molar-refractivity contribution is -0.170. The van der Waals surface area contributed by atoms with Gasteiger partial charge in [0.2, 0.25) is 0 Å². The quantitative estimate of drug-likeness (QED) is 0.680. The maximum Gasteiger partial charge on any atom is 0.451 e. The average Bonchev–Trinajstić information content (AvgIpc) is 1.83. The zero-order valence-corrected chi connectivity index (χ0v) is 8.12. The van der Waals surface area contributed by atoms with E-state index in [9.17, 15) is 26.4 Å². The topological polar surface area (TPSA) is 97.5 Å². The van der Waals surface area contributed by atoms with Crippen LogP contribution >= 0.6 is 12.4 Å². The first kappa shape index (κ1) is 16.1. The fourth-order valence-electron chi connectivity index (χ4n) is 0.546. The predicted octanol–water partition coefficient (Wildman–Crippen LogP) is -0.245. The molecule has 0 rings (SSSR count). The van der Waals surface area contributed by atoms with E-state index >= 15 is 0 Å². The molecule has 0 spiro atoms. The second kappa shape index (κ2) is 4.91. The summed E-state index contributed by atoms with van der Waals surface area (Å²) in [5.74, 6) is -2.57. The summed E-state index contributed by atoms with van der Waals surface area (Å²) in [6.45, 7) is -1.11. The van der Waals surface area contributed by atoms with Crippen LogP contribution in [0.5, 0.6) is 0 Å². The Balaban J connectivity index is 0. The summed E-state index contributed by atoms with van der Waals surface area (Å²) in [6.07, 6.45) is -5.32. The van der Waals surface area contributed by atoms with Crippen molar-refractivity contribution in [1.82, 2.24) is 0 Å². The van der Waals surface area contributed by atoms with Gasteiger partial charge in [-0.1, -0.05) is 0 Å². The van der Waals surface area contributed by atoms with Crippen molar-refractivity contribution in [3.63, 3.8) is 0 Å². The number of Topliss-reactive ketones (excluding diaryl/α,β-unsaturated/α-hetero) is 1. The Hall–Kier alpha value is -0.380. The molecule has 0 heterocycles. The van der Waals surface area contributed by atoms with Gasteiger partial charge in [0.25, 0.3) is 15.9 Å². The highest BCUT2D eigenvalue weighted by molar-refractivity contribution is 7.87. The third-order valence-corrected chi connectivity index (χ3v) is 2.27. The summed E-state index contributed by atoms with van der Waals surface area (Å²) < 4.78 is 63.5. The fourth-order valence-corrected chi connectivity index (χ4v) is 1.19. The molecule has 1 unspecified atom stereocenters. The number of hydrogen-bond acceptors (Lipinski definition) is 4. The molecular formula is C4H7ClF3NO4S. The molecule has 0 aliphatic heterocycles. The summed E-state index contributed by atoms with van der Waals surface area (Å²) in [5, 5.41) is -2.63. The number of carbonyl (C=O) groups is 1. The highest BCUT2D eigenvalue weighted by Gasteiger charge is 2.47. The molecule has 0 radical (unpaired) electrons. The second-order valence-electron chi connectivity index (χ2n) is 2.10. The zero-order valence-electron chi connectivity index (χ0n) is 6.48. The molecule has 0 aromatic heterocycles. The van der Waals surface area contributed by atoms with Crippen molar-refractivity contribution >= 4 is 28.3 Å². The van der Waals surface area contributed by atoms with E-state index < -0.39 is 33.9 Å². The minimum atomic E-state index is -5.32. The minimum absolute atomic E-state index is 0. The minimum Gasteiger partial charge on any atom is -0.329 e. The average molecular weight is 258 g/mol. The number of halogens is 4. The number of nitrogens with two attached hydrogens (primary N) is 1. The molecule has 0 saturated heterocycles. The Kier molecular flexibility index (Phi) is 5.64. The van der Waals surface area contributed by atoms with Gasteiger partial charge in [0.1, 0.15) is 0 Å². The third kappa shape index (κ3) is 4.22. The summed E-state index contributed by atoms with van der Waals surface area (Å²) in [7, 11) is -5.09. The molecule has 0 amide bonds. The molecule has 86 valence electrons. The maximum absolute atomic E-state index is 11.6. The molecule has 0 bridgehead atoms. The van der Waals surface area contributed by atoms with E-state index in [4.69, 9.17) is 4.55 Å². The molecule has 0 aliphatic carbocycles. The van der Waals surface area contributed by atoms with E-state index in [-0.39, 0.29) is 12.4 Å². The third-order valence-electron chi connectivity index (χ3n) is 1.15. The lowest BCUT2D eigenvalue weighted by Crippen LogP contribution is -2.44. The monoisotopic (exact) mass is 257 g/mol. The summed E-state index contributed by atoms with van der Waals surface area (Å²) in [5.41, 5.74) is 4.60. The molecule has 14 heavy (non-hydrogen) atoms. The van der Waals surface area contributed by atoms with E-state index in [1.807, 2.05) is 0 Å². The van der Waals surface area contributed by atoms with Gasteiger partial charge in [-0.05, 0) is 0 Å². The van der Waals surface area contributed by atoms with Gasteiger partial charge in [-0.15, -0.1) is 12.4 Å². The zero-order chi connectivity index (χ0) is 10.9. The fraction of sp³-hybridized carbons (Fsp3) is 0.750. The van der Waals surface area contributed by atoms with Gasteiger partial charge in [0.15, 0.2) is 5.25 Å². The molecule has 10 heteroatoms. The largest absolute Gasteiger partial charge is 0.451 e. The van der Waals surface area contributed by atoms with Gasteiger partial charge < -0.3 is 5.73 Å². The van der Waals surface area contributed by atoms with Crippen LogP contribution in [0.25, 0.3) is 0 Å². The van der Waals surface area contributed by atoms with Crippen molar-refractivity contribution in [3.8, 4) is 0 Å². The molecule has 0 saturated carbocycles. The number of alkyl halides is 3. The molecule has 0 aliphatic rings. The van der Waals surface area contributed by atoms with Crippen molar-refractivity contribution in [1.29, 1.82) is 0 Å². The number of carbonyl (C=O) groups excluding carboxylic acids is 1. The summed E-state index contributed by atoms with van der Waals surface area (Å²) in [4.78, 5) is 10.3. The highest BCUT2D eigenvalue weighted by atomic mass is 35.5. The van der Waals surface area contributed by atoms with Crippen molar-refractivity contribution in [3.05, 3.63) is 0 Å². The first-order valence-corrected chi connectivity index (χ1v) is 4.38. The lowest BCUT2D eigenvalue weighted by atomic mass is 10.3. The van der Waals surface area contributed by atoms with Gasteiger partial charge in [-0.2, -0.15) is 21.6 Å². The highest BCUT2D eigenvalue weighted by Crippen LogP contribution is 2.20. The smallest absolute Gasteiger partial charge is 0.329 e. The van der Waals surface area contributed by atoms with Crippen LogP contribution in [-0.4, -0.2) is 36.7 Å². The molecule has 0 fully saturated rings. The predicted molar refractivity (Wildman–Crippen MR) is 42.7 cm³/mol. The number of rotatable bonds is 3. The normalized spacial score (nSPS) is 14.4. The molecule has 0 aromatic carbocycles. The van der Waals surface area contributed by atoms with E-state index in [2.05, 4.69) is 5.73 Å². The van der Waals surface area contributed by atoms with Gasteiger partial charge in [0, 0.05) is 6.54 Å². The van der Waals surface area contributed by atoms with Crippen LogP contribution in [0.2, 0.25) is 0 Å². The second-order valence-corrected chi connectivity index (χ2v) is 3.70. The van der Waals surface area contributed by atoms with E-state index in [1.54, 1.807) is 0 Å². The van der Waals surface area contributed by atoms with E-state index in [0.29, 0.717) is 0 Å². The SMILES string of the molecule is Cl.NCC(C(=O)C(F)(F)F)S(=O)(=O)O. The Bertz CT molecular complexity index is 300. The Morgan fingerprint density at radius 1 is 1.43 bits per heavy atom. The molecule has 3 N–H and O–H groups in total. The van der Waals surface area contributed by atoms with E-state index in [0.717, 1.165) is 0 Å². The van der Waals surface area contributed by atoms with Crippen molar-refractivity contribution in [2.75, 3.05) is 6.54 Å². The summed E-state index contributed by atoms with van der Waals surface area (Å²) >= 11 is 0. The molecule has 1 atom stereocenters. The number of ketones is 1. The van der Waals surface area contributed by atoms with Crippen molar-refractivity contribution in [2.24, 2.45) is 5.73 Å². The first-order chi connectivity index (χ1) is 5.60. The van der Waals surface area contributed by atoms with Gasteiger partial charge >= 0.3 is 6.18 Å². The van der Waals surface area contributed by atoms with Crippen LogP contribution in [-0.2, 0) is 14.9 Å². The van der Waals surface area contributed by atoms with Crippen LogP contribution < -0.4 is 5.73 Å². The lowest BCUT2D eigenvalue weighted by Gasteiger charge is -2.11. The Morgan fingerprint density at radius 2 is 1.79 bits per heavy atom. The Morgan fingerprint density at radius 3 is 1.86 bits per heavy atom. The first-order valence-electron chi connectivity index (χ1n) is 2.88. The van der Waals surface area contributed by atoms with Gasteiger partial charge in [-0.25, -0.2) is 0 Å². The maximum atomic E-state index is 11.6.